The first-order valence-corrected chi connectivity index (χ1v) is 10.3. The molecule has 0 radical (unpaired) electrons. The second-order valence-electron chi connectivity index (χ2n) is 7.45. The average molecular weight is 421 g/mol. The van der Waals surface area contributed by atoms with Crippen molar-refractivity contribution < 1.29 is 17.9 Å². The summed E-state index contributed by atoms with van der Waals surface area (Å²) < 4.78 is 47.1. The zero-order valence-corrected chi connectivity index (χ0v) is 17.2. The lowest BCUT2D eigenvalue weighted by Crippen LogP contribution is -1.97. The maximum absolute atomic E-state index is 15.1. The Bertz CT molecular complexity index is 1210. The maximum Gasteiger partial charge on any atom is 0.159 e. The molecule has 0 aliphatic rings. The summed E-state index contributed by atoms with van der Waals surface area (Å²) in [5.74, 6) is -1.33. The molecule has 1 heterocycles. The van der Waals surface area contributed by atoms with Crippen molar-refractivity contribution in [3.05, 3.63) is 95.4 Å². The standard InChI is InChI=1S/C26H22F3NO/c1-2-13-31-21-9-12-25(30-16-21)20-8-10-22-19(15-20)7-6-18(26(22)29)5-3-17-4-11-23(27)24(28)14-17/h4,6-12,14-16H,2-3,5,13H2,1H3. The highest BCUT2D eigenvalue weighted by Gasteiger charge is 2.10. The number of hydrogen-bond donors (Lipinski definition) is 0. The van der Waals surface area contributed by atoms with Gasteiger partial charge >= 0.3 is 0 Å². The third-order valence-corrected chi connectivity index (χ3v) is 5.21. The van der Waals surface area contributed by atoms with Crippen molar-refractivity contribution in [1.29, 1.82) is 0 Å². The molecule has 0 N–H and O–H groups in total. The molecule has 0 saturated heterocycles. The fourth-order valence-corrected chi connectivity index (χ4v) is 3.52. The molecule has 0 aliphatic carbocycles. The Labute approximate surface area is 179 Å². The van der Waals surface area contributed by atoms with Gasteiger partial charge in [0.1, 0.15) is 11.6 Å². The highest BCUT2D eigenvalue weighted by atomic mass is 19.2. The van der Waals surface area contributed by atoms with E-state index in [4.69, 9.17) is 4.74 Å². The van der Waals surface area contributed by atoms with Crippen LogP contribution >= 0.6 is 0 Å². The molecule has 0 amide bonds. The smallest absolute Gasteiger partial charge is 0.159 e. The predicted octanol–water partition coefficient (Wildman–Crippen LogP) is 6.89. The van der Waals surface area contributed by atoms with Crippen molar-refractivity contribution in [3.8, 4) is 17.0 Å². The number of aromatic nitrogens is 1. The highest BCUT2D eigenvalue weighted by molar-refractivity contribution is 5.88. The molecule has 4 aromatic rings. The molecule has 5 heteroatoms. The van der Waals surface area contributed by atoms with E-state index in [2.05, 4.69) is 4.98 Å². The molecule has 0 fully saturated rings. The molecule has 0 unspecified atom stereocenters. The van der Waals surface area contributed by atoms with Gasteiger partial charge in [-0.2, -0.15) is 0 Å². The largest absolute Gasteiger partial charge is 0.492 e. The van der Waals surface area contributed by atoms with Gasteiger partial charge < -0.3 is 4.74 Å². The van der Waals surface area contributed by atoms with Crippen LogP contribution in [-0.4, -0.2) is 11.6 Å². The SMILES string of the molecule is CCCOc1ccc(-c2ccc3c(F)c(CCc4ccc(F)c(F)c4)ccc3c2)nc1. The molecular formula is C26H22F3NO. The summed E-state index contributed by atoms with van der Waals surface area (Å²) in [6, 6.07) is 16.7. The molecule has 31 heavy (non-hydrogen) atoms. The minimum Gasteiger partial charge on any atom is -0.492 e. The van der Waals surface area contributed by atoms with E-state index in [-0.39, 0.29) is 5.82 Å². The Hall–Kier alpha value is -3.34. The van der Waals surface area contributed by atoms with E-state index in [0.29, 0.717) is 36.0 Å². The summed E-state index contributed by atoms with van der Waals surface area (Å²) >= 11 is 0. The van der Waals surface area contributed by atoms with Gasteiger partial charge in [-0.15, -0.1) is 0 Å². The third kappa shape index (κ3) is 4.71. The number of benzene rings is 3. The predicted molar refractivity (Wildman–Crippen MR) is 117 cm³/mol. The minimum absolute atomic E-state index is 0.289. The fourth-order valence-electron chi connectivity index (χ4n) is 3.52. The van der Waals surface area contributed by atoms with Gasteiger partial charge in [0, 0.05) is 10.9 Å². The topological polar surface area (TPSA) is 22.1 Å². The molecular weight excluding hydrogens is 399 g/mol. The second-order valence-corrected chi connectivity index (χ2v) is 7.45. The molecule has 1 aromatic heterocycles. The number of pyridine rings is 1. The van der Waals surface area contributed by atoms with Crippen LogP contribution in [0, 0.1) is 17.5 Å². The summed E-state index contributed by atoms with van der Waals surface area (Å²) in [5.41, 5.74) is 2.85. The molecule has 2 nitrogen and oxygen atoms in total. The second kappa shape index (κ2) is 9.21. The van der Waals surface area contributed by atoms with Gasteiger partial charge in [0.25, 0.3) is 0 Å². The summed E-state index contributed by atoms with van der Waals surface area (Å²) in [6.45, 7) is 2.69. The Morgan fingerprint density at radius 3 is 2.45 bits per heavy atom. The van der Waals surface area contributed by atoms with Crippen LogP contribution in [0.3, 0.4) is 0 Å². The molecule has 0 saturated carbocycles. The van der Waals surface area contributed by atoms with E-state index < -0.39 is 11.6 Å². The average Bonchev–Trinajstić information content (AvgIpc) is 2.79. The Kier molecular flexibility index (Phi) is 6.21. The molecule has 0 bridgehead atoms. The van der Waals surface area contributed by atoms with Gasteiger partial charge in [0.15, 0.2) is 11.6 Å². The molecule has 0 atom stereocenters. The van der Waals surface area contributed by atoms with Crippen LogP contribution in [-0.2, 0) is 12.8 Å². The van der Waals surface area contributed by atoms with Crippen molar-refractivity contribution in [2.75, 3.05) is 6.61 Å². The maximum atomic E-state index is 15.1. The monoisotopic (exact) mass is 421 g/mol. The van der Waals surface area contributed by atoms with Gasteiger partial charge in [0.2, 0.25) is 0 Å². The third-order valence-electron chi connectivity index (χ3n) is 5.21. The van der Waals surface area contributed by atoms with Gasteiger partial charge in [-0.05, 0) is 66.1 Å². The number of rotatable bonds is 7. The van der Waals surface area contributed by atoms with Crippen LogP contribution in [0.15, 0.2) is 66.9 Å². The van der Waals surface area contributed by atoms with Crippen LogP contribution in [0.1, 0.15) is 24.5 Å². The lowest BCUT2D eigenvalue weighted by Gasteiger charge is -2.09. The van der Waals surface area contributed by atoms with E-state index >= 15 is 4.39 Å². The van der Waals surface area contributed by atoms with Crippen LogP contribution in [0.2, 0.25) is 0 Å². The van der Waals surface area contributed by atoms with Crippen molar-refractivity contribution >= 4 is 10.8 Å². The summed E-state index contributed by atoms with van der Waals surface area (Å²) in [7, 11) is 0. The summed E-state index contributed by atoms with van der Waals surface area (Å²) in [4.78, 5) is 4.45. The minimum atomic E-state index is -0.886. The first-order valence-electron chi connectivity index (χ1n) is 10.3. The van der Waals surface area contributed by atoms with Gasteiger partial charge in [-0.1, -0.05) is 37.3 Å². The van der Waals surface area contributed by atoms with Crippen molar-refractivity contribution in [2.45, 2.75) is 26.2 Å². The Morgan fingerprint density at radius 1 is 0.839 bits per heavy atom. The number of fused-ring (bicyclic) bond motifs is 1. The quantitative estimate of drug-likeness (QED) is 0.324. The van der Waals surface area contributed by atoms with Crippen LogP contribution < -0.4 is 4.74 Å². The Morgan fingerprint density at radius 2 is 1.71 bits per heavy atom. The normalized spacial score (nSPS) is 11.1. The van der Waals surface area contributed by atoms with Crippen molar-refractivity contribution in [2.24, 2.45) is 0 Å². The van der Waals surface area contributed by atoms with E-state index in [9.17, 15) is 8.78 Å². The number of hydrogen-bond acceptors (Lipinski definition) is 2. The van der Waals surface area contributed by atoms with Gasteiger partial charge in [0.05, 0.1) is 18.5 Å². The highest BCUT2D eigenvalue weighted by Crippen LogP contribution is 2.28. The number of aryl methyl sites for hydroxylation is 2. The van der Waals surface area contributed by atoms with Crippen LogP contribution in [0.5, 0.6) is 5.75 Å². The molecule has 3 aromatic carbocycles. The van der Waals surface area contributed by atoms with Crippen LogP contribution in [0.4, 0.5) is 13.2 Å². The lowest BCUT2D eigenvalue weighted by atomic mass is 9.98. The molecule has 0 spiro atoms. The summed E-state index contributed by atoms with van der Waals surface area (Å²) in [6.07, 6.45) is 3.45. The Balaban J connectivity index is 1.54. The zero-order valence-electron chi connectivity index (χ0n) is 17.2. The first-order chi connectivity index (χ1) is 15.0. The number of halogens is 3. The fraction of sp³-hybridized carbons (Fsp3) is 0.192. The van der Waals surface area contributed by atoms with E-state index in [1.54, 1.807) is 18.3 Å². The molecule has 4 rings (SSSR count). The molecule has 0 aliphatic heterocycles. The van der Waals surface area contributed by atoms with Gasteiger partial charge in [-0.3, -0.25) is 4.98 Å². The van der Waals surface area contributed by atoms with Crippen LogP contribution in [0.25, 0.3) is 22.0 Å². The van der Waals surface area contributed by atoms with E-state index in [1.807, 2.05) is 37.3 Å². The lowest BCUT2D eigenvalue weighted by molar-refractivity contribution is 0.316. The number of ether oxygens (including phenoxy) is 1. The van der Waals surface area contributed by atoms with Gasteiger partial charge in [-0.25, -0.2) is 13.2 Å². The summed E-state index contributed by atoms with van der Waals surface area (Å²) in [5, 5.41) is 1.30. The van der Waals surface area contributed by atoms with E-state index in [0.717, 1.165) is 40.9 Å². The zero-order chi connectivity index (χ0) is 21.8. The molecule has 158 valence electrons. The first kappa shape index (κ1) is 20.9. The van der Waals surface area contributed by atoms with E-state index in [1.165, 1.54) is 6.07 Å². The number of nitrogens with zero attached hydrogens (tertiary/aromatic N) is 1. The van der Waals surface area contributed by atoms with Crippen molar-refractivity contribution in [3.63, 3.8) is 0 Å². The van der Waals surface area contributed by atoms with Crippen molar-refractivity contribution in [1.82, 2.24) is 4.98 Å².